The van der Waals surface area contributed by atoms with Gasteiger partial charge in [0.15, 0.2) is 0 Å². The first kappa shape index (κ1) is 11.0. The monoisotopic (exact) mass is 343 g/mol. The Morgan fingerprint density at radius 1 is 1.43 bits per heavy atom. The number of halogens is 3. The van der Waals surface area contributed by atoms with Crippen LogP contribution < -0.4 is 0 Å². The van der Waals surface area contributed by atoms with E-state index in [2.05, 4.69) is 0 Å². The molecule has 0 aromatic heterocycles. The van der Waals surface area contributed by atoms with Gasteiger partial charge in [0.1, 0.15) is 0 Å². The second-order valence-electron chi connectivity index (χ2n) is 0.353. The molecular weight excluding hydrogens is 341 g/mol. The molecule has 0 aromatic carbocycles. The van der Waals surface area contributed by atoms with E-state index < -0.39 is 15.2 Å². The molecule has 0 heterocycles. The standard InChI is InChI=1S/C2H3N.Au.3ClH/c1-2-3;;;;/h1H3;;3*1H/q;+3;;;/p-3. The van der Waals surface area contributed by atoms with Crippen LogP contribution in [0.2, 0.25) is 0 Å². The van der Waals surface area contributed by atoms with Crippen LogP contribution in [0.1, 0.15) is 6.92 Å². The first-order chi connectivity index (χ1) is 3.15. The van der Waals surface area contributed by atoms with Crippen molar-refractivity contribution in [1.29, 1.82) is 5.26 Å². The molecule has 0 aliphatic carbocycles. The Morgan fingerprint density at radius 3 is 1.43 bits per heavy atom. The average molecular weight is 344 g/mol. The van der Waals surface area contributed by atoms with Gasteiger partial charge in [-0.15, -0.1) is 0 Å². The summed E-state index contributed by atoms with van der Waals surface area (Å²) < 4.78 is 0. The van der Waals surface area contributed by atoms with Crippen LogP contribution in [-0.4, -0.2) is 0 Å². The van der Waals surface area contributed by atoms with Crippen molar-refractivity contribution in [3.05, 3.63) is 0 Å². The summed E-state index contributed by atoms with van der Waals surface area (Å²) in [6.07, 6.45) is 0. The van der Waals surface area contributed by atoms with Gasteiger partial charge < -0.3 is 0 Å². The molecule has 1 nitrogen and oxygen atoms in total. The molecule has 0 amide bonds. The third kappa shape index (κ3) is 153. The average Bonchev–Trinajstić information content (AvgIpc) is 1.33. The van der Waals surface area contributed by atoms with Gasteiger partial charge in [-0.25, -0.2) is 0 Å². The van der Waals surface area contributed by atoms with Gasteiger partial charge in [0.2, 0.25) is 0 Å². The summed E-state index contributed by atoms with van der Waals surface area (Å²) in [7, 11) is 14.9. The van der Waals surface area contributed by atoms with E-state index in [1.165, 1.54) is 6.92 Å². The van der Waals surface area contributed by atoms with Crippen molar-refractivity contribution in [2.75, 3.05) is 0 Å². The van der Waals surface area contributed by atoms with Gasteiger partial charge in [0, 0.05) is 6.92 Å². The molecule has 5 heteroatoms. The van der Waals surface area contributed by atoms with E-state index in [4.69, 9.17) is 32.8 Å². The van der Waals surface area contributed by atoms with Crippen LogP contribution in [0.15, 0.2) is 0 Å². The SMILES string of the molecule is CC#N.[Cl][Au]([Cl])[Cl]. The summed E-state index contributed by atoms with van der Waals surface area (Å²) >= 11 is -1.79. The Kier molecular flexibility index (Phi) is 15.9. The van der Waals surface area contributed by atoms with E-state index in [1.54, 1.807) is 6.07 Å². The zero-order valence-corrected chi connectivity index (χ0v) is 7.82. The van der Waals surface area contributed by atoms with Gasteiger partial charge in [-0.3, -0.25) is 0 Å². The molecule has 0 radical (unpaired) electrons. The van der Waals surface area contributed by atoms with Crippen LogP contribution >= 0.6 is 27.6 Å². The van der Waals surface area contributed by atoms with E-state index in [9.17, 15) is 0 Å². The summed E-state index contributed by atoms with van der Waals surface area (Å²) in [5.41, 5.74) is 0. The Morgan fingerprint density at radius 2 is 1.43 bits per heavy atom. The zero-order valence-electron chi connectivity index (χ0n) is 3.38. The number of nitriles is 1. The summed E-state index contributed by atoms with van der Waals surface area (Å²) in [5.74, 6) is 0. The molecule has 0 aliphatic heterocycles. The van der Waals surface area contributed by atoms with Gasteiger partial charge in [-0.2, -0.15) is 5.26 Å². The van der Waals surface area contributed by atoms with Gasteiger partial charge >= 0.3 is 42.8 Å². The van der Waals surface area contributed by atoms with Crippen molar-refractivity contribution < 1.29 is 15.2 Å². The van der Waals surface area contributed by atoms with Crippen molar-refractivity contribution in [3.63, 3.8) is 0 Å². The topological polar surface area (TPSA) is 23.8 Å². The molecule has 7 heavy (non-hydrogen) atoms. The minimum atomic E-state index is -1.79. The van der Waals surface area contributed by atoms with Crippen molar-refractivity contribution in [2.45, 2.75) is 6.92 Å². The van der Waals surface area contributed by atoms with Crippen molar-refractivity contribution in [3.8, 4) is 6.07 Å². The Hall–Kier alpha value is 1.10. The maximum absolute atomic E-state index is 7.32. The summed E-state index contributed by atoms with van der Waals surface area (Å²) in [6.45, 7) is 1.43. The normalized spacial score (nSPS) is 7.57. The van der Waals surface area contributed by atoms with E-state index in [-0.39, 0.29) is 0 Å². The molecule has 0 bridgehead atoms. The molecule has 0 saturated carbocycles. The summed E-state index contributed by atoms with van der Waals surface area (Å²) in [6, 6.07) is 1.75. The first-order valence-electron chi connectivity index (χ1n) is 1.07. The van der Waals surface area contributed by atoms with Gasteiger partial charge in [-0.1, -0.05) is 0 Å². The Balaban J connectivity index is 0. The molecule has 0 aromatic rings. The zero-order chi connectivity index (χ0) is 6.28. The van der Waals surface area contributed by atoms with Crippen molar-refractivity contribution in [1.82, 2.24) is 0 Å². The predicted molar refractivity (Wildman–Crippen MR) is 28.8 cm³/mol. The van der Waals surface area contributed by atoms with E-state index in [0.717, 1.165) is 0 Å². The Labute approximate surface area is 60.8 Å². The number of rotatable bonds is 0. The molecule has 0 unspecified atom stereocenters. The van der Waals surface area contributed by atoms with E-state index >= 15 is 0 Å². The molecule has 0 saturated heterocycles. The predicted octanol–water partition coefficient (Wildman–Crippen LogP) is 2.60. The van der Waals surface area contributed by atoms with Crippen LogP contribution in [0.3, 0.4) is 0 Å². The van der Waals surface area contributed by atoms with Crippen molar-refractivity contribution >= 4 is 27.6 Å². The van der Waals surface area contributed by atoms with Crippen LogP contribution in [0.5, 0.6) is 0 Å². The molecule has 0 aliphatic rings. The maximum atomic E-state index is 7.32. The third-order valence-electron chi connectivity index (χ3n) is 0. The number of hydrogen-bond acceptors (Lipinski definition) is 1. The minimum absolute atomic E-state index is 1.43. The molecule has 0 N–H and O–H groups in total. The molecular formula is C2H3AuCl3N. The van der Waals surface area contributed by atoms with E-state index in [1.807, 2.05) is 0 Å². The van der Waals surface area contributed by atoms with Gasteiger partial charge in [-0.05, 0) is 0 Å². The fraction of sp³-hybridized carbons (Fsp3) is 0.500. The molecule has 0 spiro atoms. The summed E-state index contributed by atoms with van der Waals surface area (Å²) in [4.78, 5) is 0. The van der Waals surface area contributed by atoms with Crippen LogP contribution in [0.25, 0.3) is 0 Å². The van der Waals surface area contributed by atoms with Crippen LogP contribution in [-0.2, 0) is 15.2 Å². The van der Waals surface area contributed by atoms with Gasteiger partial charge in [0.25, 0.3) is 0 Å². The third-order valence-corrected chi connectivity index (χ3v) is 0. The van der Waals surface area contributed by atoms with Crippen LogP contribution in [0.4, 0.5) is 0 Å². The summed E-state index contributed by atoms with van der Waals surface area (Å²) in [5, 5.41) is 7.32. The molecule has 0 fully saturated rings. The quantitative estimate of drug-likeness (QED) is 0.620. The Bertz CT molecular complexity index is 55.7. The number of hydrogen-bond donors (Lipinski definition) is 0. The number of nitrogens with zero attached hydrogens (tertiary/aromatic N) is 1. The molecule has 0 atom stereocenters. The van der Waals surface area contributed by atoms with Crippen molar-refractivity contribution in [2.24, 2.45) is 0 Å². The molecule has 0 rings (SSSR count). The molecule has 48 valence electrons. The fourth-order valence-electron chi connectivity index (χ4n) is 0. The second-order valence-corrected chi connectivity index (χ2v) is 9.74. The fourth-order valence-corrected chi connectivity index (χ4v) is 0. The van der Waals surface area contributed by atoms with Gasteiger partial charge in [0.05, 0.1) is 6.07 Å². The second kappa shape index (κ2) is 10.2. The first-order valence-corrected chi connectivity index (χ1v) is 9.12. The van der Waals surface area contributed by atoms with E-state index in [0.29, 0.717) is 0 Å². The van der Waals surface area contributed by atoms with Crippen LogP contribution in [0, 0.1) is 11.3 Å².